The number of amides is 1. The van der Waals surface area contributed by atoms with Crippen molar-refractivity contribution >= 4 is 5.91 Å². The molecule has 0 saturated heterocycles. The summed E-state index contributed by atoms with van der Waals surface area (Å²) < 4.78 is 46.2. The first kappa shape index (κ1) is 15.3. The number of aliphatic hydroxyl groups is 1. The van der Waals surface area contributed by atoms with Gasteiger partial charge < -0.3 is 19.3 Å². The molecular weight excluding hydrogens is 269 g/mol. The van der Waals surface area contributed by atoms with E-state index < -0.39 is 38.4 Å². The molecule has 108 valence electrons. The van der Waals surface area contributed by atoms with Crippen LogP contribution < -0.4 is 4.74 Å². The highest BCUT2D eigenvalue weighted by molar-refractivity contribution is 5.77. The van der Waals surface area contributed by atoms with E-state index in [-0.39, 0.29) is 5.88 Å². The number of aromatic nitrogens is 1. The number of alkyl halides is 3. The normalized spacial score (nSPS) is 11.4. The molecule has 0 aromatic carbocycles. The van der Waals surface area contributed by atoms with Gasteiger partial charge in [-0.1, -0.05) is 0 Å². The first-order valence-corrected chi connectivity index (χ1v) is 5.33. The van der Waals surface area contributed by atoms with E-state index in [2.05, 4.69) is 9.68 Å². The van der Waals surface area contributed by atoms with Crippen LogP contribution in [0.5, 0.6) is 5.88 Å². The van der Waals surface area contributed by atoms with Crippen LogP contribution in [0.15, 0.2) is 10.6 Å². The molecule has 0 fully saturated rings. The molecule has 0 radical (unpaired) electrons. The van der Waals surface area contributed by atoms with Crippen molar-refractivity contribution in [3.63, 3.8) is 0 Å². The van der Waals surface area contributed by atoms with E-state index in [1.54, 1.807) is 6.92 Å². The van der Waals surface area contributed by atoms with Crippen LogP contribution in [0.2, 0.25) is 0 Å². The summed E-state index contributed by atoms with van der Waals surface area (Å²) >= 11 is 0. The van der Waals surface area contributed by atoms with Gasteiger partial charge in [0.25, 0.3) is 11.8 Å². The Balaban J connectivity index is 2.52. The number of carbonyl (C=O) groups is 1. The number of ether oxygens (including phenoxy) is 1. The molecule has 19 heavy (non-hydrogen) atoms. The van der Waals surface area contributed by atoms with Crippen molar-refractivity contribution in [3.05, 3.63) is 11.8 Å². The van der Waals surface area contributed by atoms with Gasteiger partial charge in [-0.05, 0) is 12.1 Å². The first-order valence-electron chi connectivity index (χ1n) is 5.33. The Morgan fingerprint density at radius 3 is 2.74 bits per heavy atom. The number of halogens is 3. The van der Waals surface area contributed by atoms with Gasteiger partial charge in [-0.15, -0.1) is 0 Å². The smallest absolute Gasteiger partial charge is 0.406 e. The Labute approximate surface area is 106 Å². The molecule has 0 unspecified atom stereocenters. The maximum atomic E-state index is 12.2. The van der Waals surface area contributed by atoms with Crippen molar-refractivity contribution in [1.29, 1.82) is 0 Å². The summed E-state index contributed by atoms with van der Waals surface area (Å²) in [4.78, 5) is 12.0. The van der Waals surface area contributed by atoms with Crippen LogP contribution in [0.3, 0.4) is 0 Å². The van der Waals surface area contributed by atoms with Crippen LogP contribution in [0.1, 0.15) is 5.76 Å². The van der Waals surface area contributed by atoms with Crippen molar-refractivity contribution in [3.8, 4) is 5.88 Å². The lowest BCUT2D eigenvalue weighted by Crippen LogP contribution is -2.42. The molecule has 1 rings (SSSR count). The molecule has 6 nitrogen and oxygen atoms in total. The fourth-order valence-corrected chi connectivity index (χ4v) is 1.27. The van der Waals surface area contributed by atoms with E-state index in [0.717, 1.165) is 0 Å². The monoisotopic (exact) mass is 282 g/mol. The highest BCUT2D eigenvalue weighted by atomic mass is 19.4. The molecule has 1 aromatic rings. The Morgan fingerprint density at radius 2 is 2.26 bits per heavy atom. The molecule has 9 heteroatoms. The summed E-state index contributed by atoms with van der Waals surface area (Å²) in [6, 6.07) is 1.40. The minimum Gasteiger partial charge on any atom is -0.465 e. The van der Waals surface area contributed by atoms with Gasteiger partial charge in [-0.2, -0.15) is 13.2 Å². The summed E-state index contributed by atoms with van der Waals surface area (Å²) in [6.45, 7) is -1.43. The second kappa shape index (κ2) is 6.41. The lowest BCUT2D eigenvalue weighted by molar-refractivity contribution is -0.163. The van der Waals surface area contributed by atoms with Crippen LogP contribution in [-0.2, 0) is 4.79 Å². The number of hydrogen-bond donors (Lipinski definition) is 1. The third kappa shape index (κ3) is 5.60. The lowest BCUT2D eigenvalue weighted by Gasteiger charge is -2.22. The number of aryl methyl sites for hydroxylation is 1. The third-order valence-corrected chi connectivity index (χ3v) is 2.04. The fourth-order valence-electron chi connectivity index (χ4n) is 1.27. The maximum Gasteiger partial charge on any atom is 0.406 e. The lowest BCUT2D eigenvalue weighted by atomic mass is 10.4. The maximum absolute atomic E-state index is 12.2. The van der Waals surface area contributed by atoms with Crippen LogP contribution in [0.4, 0.5) is 13.2 Å². The van der Waals surface area contributed by atoms with Gasteiger partial charge in [0.2, 0.25) is 0 Å². The molecule has 0 aliphatic carbocycles. The molecule has 1 amide bonds. The standard InChI is InChI=1S/C10H13F3N2O4/c1-7-4-8(14-19-7)18-5-9(17)15(2-3-16)6-10(11,12)13/h4,16H,2-3,5-6H2,1H3. The van der Waals surface area contributed by atoms with Gasteiger partial charge in [-0.3, -0.25) is 4.79 Å². The molecule has 0 aliphatic rings. The highest BCUT2D eigenvalue weighted by Gasteiger charge is 2.32. The number of hydrogen-bond acceptors (Lipinski definition) is 5. The number of aliphatic hydroxyl groups excluding tert-OH is 1. The van der Waals surface area contributed by atoms with Gasteiger partial charge in [0.15, 0.2) is 6.61 Å². The number of rotatable bonds is 6. The largest absolute Gasteiger partial charge is 0.465 e. The average molecular weight is 282 g/mol. The second-order valence-electron chi connectivity index (χ2n) is 3.72. The van der Waals surface area contributed by atoms with Crippen LogP contribution in [0, 0.1) is 6.92 Å². The molecule has 0 aliphatic heterocycles. The summed E-state index contributed by atoms with van der Waals surface area (Å²) in [5.41, 5.74) is 0. The predicted octanol–water partition coefficient (Wildman–Crippen LogP) is 0.745. The number of carbonyl (C=O) groups excluding carboxylic acids is 1. The van der Waals surface area contributed by atoms with Crippen LogP contribution >= 0.6 is 0 Å². The molecule has 0 spiro atoms. The van der Waals surface area contributed by atoms with Gasteiger partial charge in [-0.25, -0.2) is 0 Å². The highest BCUT2D eigenvalue weighted by Crippen LogP contribution is 2.16. The molecule has 0 bridgehead atoms. The second-order valence-corrected chi connectivity index (χ2v) is 3.72. The first-order chi connectivity index (χ1) is 8.81. The molecule has 0 atom stereocenters. The quantitative estimate of drug-likeness (QED) is 0.833. The Hall–Kier alpha value is -1.77. The summed E-state index contributed by atoms with van der Waals surface area (Å²) in [5, 5.41) is 12.1. The van der Waals surface area contributed by atoms with Crippen LogP contribution in [-0.4, -0.2) is 53.5 Å². The van der Waals surface area contributed by atoms with Crippen molar-refractivity contribution in [2.24, 2.45) is 0 Å². The van der Waals surface area contributed by atoms with E-state index in [4.69, 9.17) is 9.84 Å². The minimum absolute atomic E-state index is 0.0156. The summed E-state index contributed by atoms with van der Waals surface area (Å²) in [6.07, 6.45) is -4.53. The third-order valence-electron chi connectivity index (χ3n) is 2.04. The zero-order valence-electron chi connectivity index (χ0n) is 10.1. The topological polar surface area (TPSA) is 75.8 Å². The van der Waals surface area contributed by atoms with E-state index in [9.17, 15) is 18.0 Å². The fraction of sp³-hybridized carbons (Fsp3) is 0.600. The zero-order valence-corrected chi connectivity index (χ0v) is 10.1. The van der Waals surface area contributed by atoms with E-state index in [1.165, 1.54) is 6.07 Å². The average Bonchev–Trinajstić information content (AvgIpc) is 2.70. The van der Waals surface area contributed by atoms with E-state index in [0.29, 0.717) is 10.7 Å². The van der Waals surface area contributed by atoms with Gasteiger partial charge in [0.1, 0.15) is 12.3 Å². The van der Waals surface area contributed by atoms with Gasteiger partial charge in [0, 0.05) is 12.6 Å². The Kier molecular flexibility index (Phi) is 5.16. The van der Waals surface area contributed by atoms with Gasteiger partial charge in [0.05, 0.1) is 6.61 Å². The van der Waals surface area contributed by atoms with E-state index >= 15 is 0 Å². The van der Waals surface area contributed by atoms with Crippen molar-refractivity contribution < 1.29 is 32.3 Å². The van der Waals surface area contributed by atoms with Crippen LogP contribution in [0.25, 0.3) is 0 Å². The summed E-state index contributed by atoms with van der Waals surface area (Å²) in [7, 11) is 0. The molecule has 1 N–H and O–H groups in total. The van der Waals surface area contributed by atoms with Crippen molar-refractivity contribution in [2.75, 3.05) is 26.3 Å². The Bertz CT molecular complexity index is 419. The van der Waals surface area contributed by atoms with Crippen molar-refractivity contribution in [1.82, 2.24) is 10.1 Å². The zero-order chi connectivity index (χ0) is 14.5. The Morgan fingerprint density at radius 1 is 1.58 bits per heavy atom. The van der Waals surface area contributed by atoms with Crippen molar-refractivity contribution in [2.45, 2.75) is 13.1 Å². The van der Waals surface area contributed by atoms with Gasteiger partial charge >= 0.3 is 6.18 Å². The number of nitrogens with zero attached hydrogens (tertiary/aromatic N) is 2. The van der Waals surface area contributed by atoms with E-state index in [1.807, 2.05) is 0 Å². The summed E-state index contributed by atoms with van der Waals surface area (Å²) in [5.74, 6) is -0.432. The molecule has 1 heterocycles. The minimum atomic E-state index is -4.53. The molecule has 1 aromatic heterocycles. The molecular formula is C10H13F3N2O4. The molecule has 0 saturated carbocycles. The predicted molar refractivity (Wildman–Crippen MR) is 56.5 cm³/mol. The SMILES string of the molecule is Cc1cc(OCC(=O)N(CCO)CC(F)(F)F)no1.